The van der Waals surface area contributed by atoms with Gasteiger partial charge >= 0.3 is 6.02 Å². The molecule has 0 aromatic heterocycles. The number of hydrogen-bond acceptors (Lipinski definition) is 4. The summed E-state index contributed by atoms with van der Waals surface area (Å²) in [6.45, 7) is 6.15. The van der Waals surface area contributed by atoms with Crippen molar-refractivity contribution >= 4 is 21.7 Å². The van der Waals surface area contributed by atoms with Crippen molar-refractivity contribution in [1.29, 1.82) is 0 Å². The molecule has 2 aromatic rings. The molecule has 0 heterocycles. The molecule has 0 aliphatic rings. The van der Waals surface area contributed by atoms with E-state index in [1.807, 2.05) is 25.1 Å². The number of anilines is 1. The summed E-state index contributed by atoms with van der Waals surface area (Å²) >= 11 is 0. The number of aryl methyl sites for hydroxylation is 1. The molecule has 0 unspecified atom stereocenters. The van der Waals surface area contributed by atoms with E-state index in [1.165, 1.54) is 19.2 Å². The maximum atomic E-state index is 12.7. The van der Waals surface area contributed by atoms with Gasteiger partial charge in [0.1, 0.15) is 5.75 Å². The van der Waals surface area contributed by atoms with E-state index in [0.29, 0.717) is 12.3 Å². The highest BCUT2D eigenvalue weighted by atomic mass is 32.2. The number of allylic oxidation sites excluding steroid dienone is 1. The summed E-state index contributed by atoms with van der Waals surface area (Å²) in [6, 6.07) is 13.8. The van der Waals surface area contributed by atoms with Crippen LogP contribution in [0.25, 0.3) is 0 Å². The average molecular weight is 403 g/mol. The van der Waals surface area contributed by atoms with Gasteiger partial charge in [0.05, 0.1) is 19.1 Å². The number of rotatable bonds is 8. The Labute approximate surface area is 167 Å². The maximum absolute atomic E-state index is 12.7. The highest BCUT2D eigenvalue weighted by Crippen LogP contribution is 2.22. The lowest BCUT2D eigenvalue weighted by atomic mass is 10.2. The summed E-state index contributed by atoms with van der Waals surface area (Å²) in [7, 11) is -0.908. The lowest BCUT2D eigenvalue weighted by molar-refractivity contribution is 0.391. The molecule has 0 radical (unpaired) electrons. The molecule has 7 heteroatoms. The number of methoxy groups -OCH3 is 2. The molecular weight excluding hydrogens is 376 g/mol. The number of ether oxygens (including phenoxy) is 2. The molecule has 0 fully saturated rings. The molecule has 2 rings (SSSR count). The van der Waals surface area contributed by atoms with Gasteiger partial charge < -0.3 is 9.47 Å². The van der Waals surface area contributed by atoms with Crippen LogP contribution in [0, 0.1) is 6.92 Å². The number of benzene rings is 2. The largest absolute Gasteiger partial charge is 0.497 e. The van der Waals surface area contributed by atoms with Gasteiger partial charge in [-0.3, -0.25) is 4.90 Å². The molecule has 2 aromatic carbocycles. The third-order valence-corrected chi connectivity index (χ3v) is 5.37. The number of nitrogens with zero attached hydrogens (tertiary/aromatic N) is 2. The van der Waals surface area contributed by atoms with Crippen LogP contribution in [0.4, 0.5) is 5.69 Å². The highest BCUT2D eigenvalue weighted by molar-refractivity contribution is 7.90. The van der Waals surface area contributed by atoms with Gasteiger partial charge in [0, 0.05) is 12.2 Å². The van der Waals surface area contributed by atoms with Crippen molar-refractivity contribution in [1.82, 2.24) is 0 Å². The molecule has 0 amide bonds. The van der Waals surface area contributed by atoms with E-state index in [4.69, 9.17) is 9.47 Å². The summed E-state index contributed by atoms with van der Waals surface area (Å²) in [5.74, 6) is 0.706. The molecule has 0 aliphatic heterocycles. The van der Waals surface area contributed by atoms with E-state index >= 15 is 0 Å². The first-order valence-corrected chi connectivity index (χ1v) is 10.3. The molecule has 0 aliphatic carbocycles. The predicted octanol–water partition coefficient (Wildman–Crippen LogP) is 4.17. The number of unbranched alkanes of at least 4 members (excludes halogenated alkanes) is 1. The zero-order chi connectivity index (χ0) is 20.6. The van der Waals surface area contributed by atoms with Crippen molar-refractivity contribution in [2.45, 2.75) is 24.7 Å². The van der Waals surface area contributed by atoms with Crippen LogP contribution in [-0.2, 0) is 14.8 Å². The third kappa shape index (κ3) is 5.60. The van der Waals surface area contributed by atoms with Crippen LogP contribution < -0.4 is 9.64 Å². The van der Waals surface area contributed by atoms with Gasteiger partial charge in [0.15, 0.2) is 0 Å². The van der Waals surface area contributed by atoms with E-state index in [9.17, 15) is 8.42 Å². The Morgan fingerprint density at radius 2 is 1.75 bits per heavy atom. The van der Waals surface area contributed by atoms with Crippen LogP contribution in [0.3, 0.4) is 0 Å². The van der Waals surface area contributed by atoms with Crippen molar-refractivity contribution in [2.24, 2.45) is 4.40 Å². The summed E-state index contributed by atoms with van der Waals surface area (Å²) < 4.78 is 40.0. The first-order valence-electron chi connectivity index (χ1n) is 8.89. The van der Waals surface area contributed by atoms with Gasteiger partial charge in [-0.15, -0.1) is 11.0 Å². The monoisotopic (exact) mass is 402 g/mol. The predicted molar refractivity (Wildman–Crippen MR) is 113 cm³/mol. The van der Waals surface area contributed by atoms with Gasteiger partial charge in [-0.25, -0.2) is 0 Å². The van der Waals surface area contributed by atoms with Crippen LogP contribution >= 0.6 is 0 Å². The molecular formula is C21H26N2O4S. The Kier molecular flexibility index (Phi) is 7.63. The van der Waals surface area contributed by atoms with Gasteiger partial charge in [-0.1, -0.05) is 23.8 Å². The first-order chi connectivity index (χ1) is 13.4. The fourth-order valence-corrected chi connectivity index (χ4v) is 3.52. The normalized spacial score (nSPS) is 11.8. The summed E-state index contributed by atoms with van der Waals surface area (Å²) in [4.78, 5) is 1.85. The van der Waals surface area contributed by atoms with Gasteiger partial charge in [0.2, 0.25) is 0 Å². The van der Waals surface area contributed by atoms with Gasteiger partial charge in [-0.2, -0.15) is 8.42 Å². The minimum absolute atomic E-state index is 0.00908. The second kappa shape index (κ2) is 9.94. The molecule has 6 nitrogen and oxygen atoms in total. The van der Waals surface area contributed by atoms with Crippen LogP contribution in [-0.4, -0.2) is 35.2 Å². The van der Waals surface area contributed by atoms with E-state index < -0.39 is 10.0 Å². The second-order valence-corrected chi connectivity index (χ2v) is 7.75. The molecule has 0 atom stereocenters. The van der Waals surface area contributed by atoms with E-state index in [0.717, 1.165) is 24.1 Å². The fraction of sp³-hybridized carbons (Fsp3) is 0.286. The number of amidine groups is 1. The summed E-state index contributed by atoms with van der Waals surface area (Å²) in [5, 5.41) is 0. The zero-order valence-electron chi connectivity index (χ0n) is 16.5. The zero-order valence-corrected chi connectivity index (χ0v) is 17.3. The first kappa shape index (κ1) is 21.5. The second-order valence-electron chi connectivity index (χ2n) is 6.15. The van der Waals surface area contributed by atoms with Crippen LogP contribution in [0.5, 0.6) is 5.75 Å². The van der Waals surface area contributed by atoms with Gasteiger partial charge in [-0.05, 0) is 56.2 Å². The minimum atomic E-state index is -3.91. The van der Waals surface area contributed by atoms with Crippen LogP contribution in [0.2, 0.25) is 0 Å². The Balaban J connectivity index is 2.42. The molecule has 0 saturated heterocycles. The molecule has 0 saturated carbocycles. The third-order valence-electron chi connectivity index (χ3n) is 4.10. The Morgan fingerprint density at radius 1 is 1.11 bits per heavy atom. The van der Waals surface area contributed by atoms with Crippen molar-refractivity contribution in [2.75, 3.05) is 25.7 Å². The molecule has 28 heavy (non-hydrogen) atoms. The summed E-state index contributed by atoms with van der Waals surface area (Å²) in [6.07, 6.45) is 3.37. The maximum Gasteiger partial charge on any atom is 0.307 e. The lowest BCUT2D eigenvalue weighted by Gasteiger charge is -2.24. The Hall–Kier alpha value is -2.80. The molecule has 150 valence electrons. The standard InChI is InChI=1S/C21H26N2O4S/c1-5-6-7-16-23(18-10-12-19(26-3)13-11-18)21(27-4)22-28(24,25)20-14-8-17(2)9-15-20/h5,8-15H,1,6-7,16H2,2-4H3/b22-21-. The van der Waals surface area contributed by atoms with Crippen LogP contribution in [0.1, 0.15) is 18.4 Å². The SMILES string of the molecule is C=CCCCN(/C(=N/S(=O)(=O)c1ccc(C)cc1)OC)c1ccc(OC)cc1. The van der Waals surface area contributed by atoms with Crippen LogP contribution in [0.15, 0.2) is 70.5 Å². The van der Waals surface area contributed by atoms with E-state index in [-0.39, 0.29) is 10.9 Å². The van der Waals surface area contributed by atoms with Crippen molar-refractivity contribution < 1.29 is 17.9 Å². The number of sulfonamides is 1. The van der Waals surface area contributed by atoms with Gasteiger partial charge in [0.25, 0.3) is 10.0 Å². The van der Waals surface area contributed by atoms with E-state index in [1.54, 1.807) is 36.3 Å². The Bertz CT molecular complexity index is 904. The molecule has 0 N–H and O–H groups in total. The number of hydrogen-bond donors (Lipinski definition) is 0. The fourth-order valence-electron chi connectivity index (χ4n) is 2.55. The Morgan fingerprint density at radius 3 is 2.29 bits per heavy atom. The molecule has 0 spiro atoms. The summed E-state index contributed by atoms with van der Waals surface area (Å²) in [5.41, 5.74) is 1.73. The van der Waals surface area contributed by atoms with Crippen molar-refractivity contribution in [3.63, 3.8) is 0 Å². The smallest absolute Gasteiger partial charge is 0.307 e. The molecule has 0 bridgehead atoms. The highest BCUT2D eigenvalue weighted by Gasteiger charge is 2.20. The van der Waals surface area contributed by atoms with E-state index in [2.05, 4.69) is 11.0 Å². The quantitative estimate of drug-likeness (QED) is 0.287. The topological polar surface area (TPSA) is 68.2 Å². The minimum Gasteiger partial charge on any atom is -0.497 e. The lowest BCUT2D eigenvalue weighted by Crippen LogP contribution is -2.34. The van der Waals surface area contributed by atoms with Crippen molar-refractivity contribution in [3.8, 4) is 5.75 Å². The van der Waals surface area contributed by atoms with Crippen molar-refractivity contribution in [3.05, 3.63) is 66.7 Å². The average Bonchev–Trinajstić information content (AvgIpc) is 2.70.